The van der Waals surface area contributed by atoms with Crippen LogP contribution >= 0.6 is 0 Å². The molecule has 0 saturated heterocycles. The van der Waals surface area contributed by atoms with Crippen LogP contribution in [0.5, 0.6) is 0 Å². The number of unbranched alkanes of at least 4 members (excludes halogenated alkanes) is 11. The van der Waals surface area contributed by atoms with Crippen molar-refractivity contribution in [3.05, 3.63) is 12.2 Å². The van der Waals surface area contributed by atoms with Gasteiger partial charge in [0.15, 0.2) is 0 Å². The van der Waals surface area contributed by atoms with Crippen LogP contribution in [0.15, 0.2) is 12.2 Å². The predicted octanol–water partition coefficient (Wildman–Crippen LogP) is 1.65. The van der Waals surface area contributed by atoms with E-state index in [0.717, 1.165) is 19.3 Å². The van der Waals surface area contributed by atoms with Gasteiger partial charge in [0.25, 0.3) is 0 Å². The summed E-state index contributed by atoms with van der Waals surface area (Å²) in [5, 5.41) is 17.4. The number of allylic oxidation sites excluding steroid dienone is 2. The summed E-state index contributed by atoms with van der Waals surface area (Å²) in [6.45, 7) is 2.26. The number of hydrogen-bond donors (Lipinski definition) is 3. The van der Waals surface area contributed by atoms with E-state index in [1.807, 2.05) is 0 Å². The van der Waals surface area contributed by atoms with Gasteiger partial charge >= 0.3 is 32.1 Å². The van der Waals surface area contributed by atoms with Gasteiger partial charge in [0, 0.05) is 5.97 Å². The summed E-state index contributed by atoms with van der Waals surface area (Å²) in [7, 11) is -4.83. The molecular formula is C18H36MgO7Si. The standard InChI is InChI=1S/C18H34O2.Mg.H3O5Si/c1-2-3-4-5-6-7-8-9-10-11-12-13-14-15-16-17-18(19)20;;1-5-6(2,3)4/h9-10H,2-8,11-17H2,1H3,(H,19,20);;1-3H/q;+2;-1/p-1/b10-9-;;. The minimum absolute atomic E-state index is 0. The van der Waals surface area contributed by atoms with Gasteiger partial charge in [0.05, 0.1) is 0 Å². The van der Waals surface area contributed by atoms with Gasteiger partial charge in [-0.05, 0) is 38.5 Å². The molecule has 9 heteroatoms. The molecule has 0 rings (SSSR count). The Kier molecular flexibility index (Phi) is 28.2. The Labute approximate surface area is 181 Å². The molecule has 0 fully saturated rings. The Hall–Kier alpha value is -0.00688. The van der Waals surface area contributed by atoms with Gasteiger partial charge in [0.2, 0.25) is 0 Å². The van der Waals surface area contributed by atoms with E-state index in [2.05, 4.69) is 23.7 Å². The van der Waals surface area contributed by atoms with Gasteiger partial charge in [-0.15, -0.1) is 0 Å². The monoisotopic (exact) mass is 416 g/mol. The maximum absolute atomic E-state index is 10.2. The largest absolute Gasteiger partial charge is 2.00 e. The molecule has 3 N–H and O–H groups in total. The predicted molar refractivity (Wildman–Crippen MR) is 104 cm³/mol. The third-order valence-corrected chi connectivity index (χ3v) is 4.00. The Morgan fingerprint density at radius 3 is 1.63 bits per heavy atom. The number of carbonyl (C=O) groups excluding carboxylic acids is 1. The van der Waals surface area contributed by atoms with Gasteiger partial charge in [-0.25, -0.2) is 4.58 Å². The Bertz CT molecular complexity index is 336. The van der Waals surface area contributed by atoms with Gasteiger partial charge < -0.3 is 24.3 Å². The molecule has 156 valence electrons. The van der Waals surface area contributed by atoms with Crippen LogP contribution in [-0.2, 0) is 9.37 Å². The van der Waals surface area contributed by atoms with Crippen molar-refractivity contribution < 1.29 is 34.1 Å². The smallest absolute Gasteiger partial charge is 0.792 e. The molecule has 27 heavy (non-hydrogen) atoms. The van der Waals surface area contributed by atoms with Crippen molar-refractivity contribution in [2.45, 2.75) is 96.8 Å². The molecule has 0 unspecified atom stereocenters. The van der Waals surface area contributed by atoms with Crippen LogP contribution in [0.3, 0.4) is 0 Å². The molecule has 0 aromatic heterocycles. The average Bonchev–Trinajstić information content (AvgIpc) is 2.58. The van der Waals surface area contributed by atoms with E-state index < -0.39 is 15.0 Å². The first-order chi connectivity index (χ1) is 12.3. The summed E-state index contributed by atoms with van der Waals surface area (Å²) in [4.78, 5) is 34.4. The molecule has 0 atom stereocenters. The van der Waals surface area contributed by atoms with Crippen LogP contribution in [0.1, 0.15) is 96.8 Å². The molecule has 0 aliphatic rings. The molecule has 0 aromatic rings. The van der Waals surface area contributed by atoms with Crippen LogP contribution in [0.25, 0.3) is 0 Å². The Morgan fingerprint density at radius 2 is 1.26 bits per heavy atom. The van der Waals surface area contributed by atoms with Crippen LogP contribution < -0.4 is 9.90 Å². The minimum atomic E-state index is -4.83. The molecule has 0 saturated carbocycles. The molecule has 0 bridgehead atoms. The second-order valence-corrected chi connectivity index (χ2v) is 7.63. The normalized spacial score (nSPS) is 11.0. The zero-order valence-electron chi connectivity index (χ0n) is 16.7. The molecule has 0 radical (unpaired) electrons. The SMILES string of the molecule is CCCCCCCC/C=C\CCCCCCCC(=O)[O-].[Mg+2].[O-][Si](O)(O)OO. The van der Waals surface area contributed by atoms with Crippen molar-refractivity contribution in [1.82, 2.24) is 0 Å². The van der Waals surface area contributed by atoms with E-state index in [-0.39, 0.29) is 29.5 Å². The summed E-state index contributed by atoms with van der Waals surface area (Å²) >= 11 is 0. The number of carbonyl (C=O) groups is 1. The second kappa shape index (κ2) is 24.0. The van der Waals surface area contributed by atoms with Gasteiger partial charge in [-0.1, -0.05) is 70.4 Å². The summed E-state index contributed by atoms with van der Waals surface area (Å²) in [5.41, 5.74) is 0. The van der Waals surface area contributed by atoms with E-state index in [9.17, 15) is 14.7 Å². The van der Waals surface area contributed by atoms with Crippen molar-refractivity contribution in [3.8, 4) is 0 Å². The Morgan fingerprint density at radius 1 is 0.889 bits per heavy atom. The molecule has 0 aliphatic carbocycles. The van der Waals surface area contributed by atoms with E-state index in [0.29, 0.717) is 0 Å². The molecule has 0 spiro atoms. The zero-order chi connectivity index (χ0) is 20.1. The van der Waals surface area contributed by atoms with Crippen molar-refractivity contribution in [3.63, 3.8) is 0 Å². The minimum Gasteiger partial charge on any atom is -0.792 e. The second-order valence-electron chi connectivity index (χ2n) is 6.35. The maximum Gasteiger partial charge on any atom is 2.00 e. The number of carboxylic acids is 1. The molecule has 0 aromatic carbocycles. The fourth-order valence-corrected chi connectivity index (χ4v) is 2.34. The maximum atomic E-state index is 10.2. The van der Waals surface area contributed by atoms with Gasteiger partial charge in [-0.3, -0.25) is 5.26 Å². The molecule has 0 aliphatic heterocycles. The molecule has 0 heterocycles. The fourth-order valence-electron chi connectivity index (χ4n) is 2.34. The summed E-state index contributed by atoms with van der Waals surface area (Å²) in [6.07, 6.45) is 20.9. The third-order valence-electron chi connectivity index (χ3n) is 3.76. The summed E-state index contributed by atoms with van der Waals surface area (Å²) in [6, 6.07) is 0. The first kappa shape index (κ1) is 31.7. The van der Waals surface area contributed by atoms with Crippen LogP contribution in [0.2, 0.25) is 0 Å². The van der Waals surface area contributed by atoms with E-state index in [1.54, 1.807) is 0 Å². The van der Waals surface area contributed by atoms with Crippen LogP contribution in [0.4, 0.5) is 0 Å². The topological polar surface area (TPSA) is 133 Å². The van der Waals surface area contributed by atoms with Crippen LogP contribution in [0, 0.1) is 0 Å². The van der Waals surface area contributed by atoms with Crippen molar-refractivity contribution in [1.29, 1.82) is 0 Å². The van der Waals surface area contributed by atoms with Crippen molar-refractivity contribution in [2.24, 2.45) is 0 Å². The first-order valence-electron chi connectivity index (χ1n) is 9.66. The average molecular weight is 417 g/mol. The number of rotatable bonds is 16. The zero-order valence-corrected chi connectivity index (χ0v) is 19.2. The third kappa shape index (κ3) is 37.4. The van der Waals surface area contributed by atoms with E-state index >= 15 is 0 Å². The number of aliphatic carboxylic acids is 1. The van der Waals surface area contributed by atoms with Crippen molar-refractivity contribution in [2.75, 3.05) is 0 Å². The van der Waals surface area contributed by atoms with Crippen molar-refractivity contribution >= 4 is 38.1 Å². The quantitative estimate of drug-likeness (QED) is 0.114. The summed E-state index contributed by atoms with van der Waals surface area (Å²) in [5.74, 6) is -0.914. The van der Waals surface area contributed by atoms with Gasteiger partial charge in [-0.2, -0.15) is 0 Å². The van der Waals surface area contributed by atoms with Gasteiger partial charge in [0.1, 0.15) is 0 Å². The number of carboxylic acid groups (broad SMARTS) is 1. The molecular weight excluding hydrogens is 381 g/mol. The van der Waals surface area contributed by atoms with E-state index in [1.165, 1.54) is 64.2 Å². The Balaban J connectivity index is -0.000000709. The van der Waals surface area contributed by atoms with Crippen LogP contribution in [-0.4, -0.2) is 52.9 Å². The first-order valence-corrected chi connectivity index (χ1v) is 11.4. The fraction of sp³-hybridized carbons (Fsp3) is 0.833. The molecule has 7 nitrogen and oxygen atoms in total. The number of hydrogen-bond acceptors (Lipinski definition) is 7. The molecule has 0 amide bonds. The van der Waals surface area contributed by atoms with E-state index in [4.69, 9.17) is 14.8 Å². The summed E-state index contributed by atoms with van der Waals surface area (Å²) < 4.78 is 2.63.